The quantitative estimate of drug-likeness (QED) is 0.383. The Morgan fingerprint density at radius 1 is 1.31 bits per heavy atom. The average molecular weight is 197 g/mol. The molecule has 0 amide bonds. The van der Waals surface area contributed by atoms with Crippen LogP contribution >= 0.6 is 0 Å². The number of hydrogen-bond acceptors (Lipinski definition) is 2. The van der Waals surface area contributed by atoms with E-state index in [0.29, 0.717) is 0 Å². The highest BCUT2D eigenvalue weighted by Crippen LogP contribution is 2.06. The highest BCUT2D eigenvalue weighted by molar-refractivity contribution is 6.50. The SMILES string of the molecule is CC[n+]1cccnn1.F[B-](F)(F)F. The average Bonchev–Trinajstić information content (AvgIpc) is 2.03. The Balaban J connectivity index is 0.000000252. The minimum Gasteiger partial charge on any atom is -0.418 e. The number of aromatic nitrogens is 3. The van der Waals surface area contributed by atoms with Crippen molar-refractivity contribution in [2.45, 2.75) is 13.5 Å². The first-order valence-electron chi connectivity index (χ1n) is 3.48. The van der Waals surface area contributed by atoms with Crippen LogP contribution in [0.3, 0.4) is 0 Å². The van der Waals surface area contributed by atoms with Gasteiger partial charge < -0.3 is 17.3 Å². The third-order valence-corrected chi connectivity index (χ3v) is 0.901. The Bertz CT molecular complexity index is 221. The van der Waals surface area contributed by atoms with Crippen molar-refractivity contribution in [2.24, 2.45) is 0 Å². The van der Waals surface area contributed by atoms with Crippen molar-refractivity contribution in [3.05, 3.63) is 18.5 Å². The second-order valence-electron chi connectivity index (χ2n) is 1.95. The van der Waals surface area contributed by atoms with E-state index in [9.17, 15) is 17.3 Å². The van der Waals surface area contributed by atoms with Gasteiger partial charge in [0.2, 0.25) is 0 Å². The van der Waals surface area contributed by atoms with E-state index in [1.807, 2.05) is 19.2 Å². The summed E-state index contributed by atoms with van der Waals surface area (Å²) in [6.07, 6.45) is 3.54. The van der Waals surface area contributed by atoms with Crippen LogP contribution in [-0.2, 0) is 6.54 Å². The van der Waals surface area contributed by atoms with Crippen molar-refractivity contribution in [1.82, 2.24) is 10.3 Å². The molecule has 0 bridgehead atoms. The summed E-state index contributed by atoms with van der Waals surface area (Å²) in [5, 5.41) is 7.43. The number of rotatable bonds is 1. The van der Waals surface area contributed by atoms with Gasteiger partial charge in [0.05, 0.1) is 5.10 Å². The molecule has 0 fully saturated rings. The zero-order valence-corrected chi connectivity index (χ0v) is 6.87. The highest BCUT2D eigenvalue weighted by Gasteiger charge is 2.20. The van der Waals surface area contributed by atoms with Crippen LogP contribution in [-0.4, -0.2) is 17.6 Å². The lowest BCUT2D eigenvalue weighted by Gasteiger charge is -1.94. The van der Waals surface area contributed by atoms with Crippen molar-refractivity contribution < 1.29 is 21.9 Å². The first kappa shape index (κ1) is 11.8. The molecule has 0 unspecified atom stereocenters. The topological polar surface area (TPSA) is 29.7 Å². The molecule has 13 heavy (non-hydrogen) atoms. The molecule has 0 aliphatic heterocycles. The second kappa shape index (κ2) is 5.44. The number of halogens is 4. The van der Waals surface area contributed by atoms with Crippen molar-refractivity contribution in [3.8, 4) is 0 Å². The lowest BCUT2D eigenvalue weighted by molar-refractivity contribution is -0.756. The molecular weight excluding hydrogens is 189 g/mol. The van der Waals surface area contributed by atoms with E-state index in [0.717, 1.165) is 6.54 Å². The normalized spacial score (nSPS) is 10.2. The molecule has 0 N–H and O–H groups in total. The Kier molecular flexibility index (Phi) is 4.94. The fourth-order valence-corrected chi connectivity index (χ4v) is 0.471. The zero-order valence-electron chi connectivity index (χ0n) is 6.87. The van der Waals surface area contributed by atoms with Gasteiger partial charge in [-0.2, -0.15) is 0 Å². The largest absolute Gasteiger partial charge is 0.673 e. The van der Waals surface area contributed by atoms with E-state index < -0.39 is 7.25 Å². The molecular formula is C5H8BF4N3. The maximum Gasteiger partial charge on any atom is 0.673 e. The molecule has 1 rings (SSSR count). The zero-order chi connectivity index (χ0) is 10.3. The maximum atomic E-state index is 9.75. The van der Waals surface area contributed by atoms with E-state index in [-0.39, 0.29) is 0 Å². The van der Waals surface area contributed by atoms with Crippen molar-refractivity contribution >= 4 is 7.25 Å². The van der Waals surface area contributed by atoms with E-state index in [1.54, 1.807) is 10.9 Å². The van der Waals surface area contributed by atoms with Gasteiger partial charge in [-0.25, -0.2) is 0 Å². The number of hydrogen-bond donors (Lipinski definition) is 0. The fraction of sp³-hybridized carbons (Fsp3) is 0.400. The Morgan fingerprint density at radius 3 is 2.08 bits per heavy atom. The molecule has 0 radical (unpaired) electrons. The molecule has 0 aliphatic carbocycles. The third-order valence-electron chi connectivity index (χ3n) is 0.901. The highest BCUT2D eigenvalue weighted by atomic mass is 19.5. The molecule has 0 spiro atoms. The van der Waals surface area contributed by atoms with Crippen LogP contribution in [0.2, 0.25) is 0 Å². The van der Waals surface area contributed by atoms with E-state index in [4.69, 9.17) is 0 Å². The molecule has 0 saturated carbocycles. The molecule has 3 nitrogen and oxygen atoms in total. The summed E-state index contributed by atoms with van der Waals surface area (Å²) in [5.41, 5.74) is 0. The van der Waals surface area contributed by atoms with Gasteiger partial charge in [-0.3, -0.25) is 0 Å². The van der Waals surface area contributed by atoms with Gasteiger partial charge >= 0.3 is 7.25 Å². The molecule has 8 heteroatoms. The first-order valence-corrected chi connectivity index (χ1v) is 3.48. The molecule has 0 saturated heterocycles. The standard InChI is InChI=1S/C5H8N3.BF4/c1-2-8-5-3-4-6-7-8;2-1(3,4)5/h3-5H,2H2,1H3;/q+1;-1. The van der Waals surface area contributed by atoms with Crippen molar-refractivity contribution in [1.29, 1.82) is 0 Å². The Hall–Kier alpha value is -1.21. The third kappa shape index (κ3) is 10.8. The molecule has 1 aromatic rings. The summed E-state index contributed by atoms with van der Waals surface area (Å²) >= 11 is 0. The fourth-order valence-electron chi connectivity index (χ4n) is 0.471. The number of nitrogens with zero attached hydrogens (tertiary/aromatic N) is 3. The molecule has 1 aromatic heterocycles. The van der Waals surface area contributed by atoms with Crippen molar-refractivity contribution in [3.63, 3.8) is 0 Å². The summed E-state index contributed by atoms with van der Waals surface area (Å²) in [4.78, 5) is 0. The Labute approximate surface area is 72.5 Å². The maximum absolute atomic E-state index is 9.75. The lowest BCUT2D eigenvalue weighted by atomic mass is 10.3. The van der Waals surface area contributed by atoms with Crippen LogP contribution < -0.4 is 4.68 Å². The summed E-state index contributed by atoms with van der Waals surface area (Å²) in [7, 11) is -6.00. The van der Waals surface area contributed by atoms with Gasteiger partial charge in [0.25, 0.3) is 0 Å². The summed E-state index contributed by atoms with van der Waals surface area (Å²) in [6.45, 7) is 2.91. The molecule has 74 valence electrons. The van der Waals surface area contributed by atoms with Crippen LogP contribution in [0.5, 0.6) is 0 Å². The lowest BCUT2D eigenvalue weighted by Crippen LogP contribution is -2.36. The van der Waals surface area contributed by atoms with Crippen LogP contribution in [0.1, 0.15) is 6.92 Å². The van der Waals surface area contributed by atoms with Crippen LogP contribution in [0.25, 0.3) is 0 Å². The predicted molar refractivity (Wildman–Crippen MR) is 38.1 cm³/mol. The second-order valence-corrected chi connectivity index (χ2v) is 1.95. The Morgan fingerprint density at radius 2 is 1.85 bits per heavy atom. The predicted octanol–water partition coefficient (Wildman–Crippen LogP) is 1.08. The van der Waals surface area contributed by atoms with Crippen LogP contribution in [0, 0.1) is 0 Å². The van der Waals surface area contributed by atoms with Gasteiger partial charge in [-0.1, -0.05) is 0 Å². The van der Waals surface area contributed by atoms with Gasteiger partial charge in [-0.05, 0) is 6.92 Å². The van der Waals surface area contributed by atoms with E-state index in [2.05, 4.69) is 10.3 Å². The minimum absolute atomic E-state index is 0.883. The molecule has 0 aromatic carbocycles. The monoisotopic (exact) mass is 197 g/mol. The summed E-state index contributed by atoms with van der Waals surface area (Å²) in [6, 6.07) is 1.86. The molecule has 0 aliphatic rings. The van der Waals surface area contributed by atoms with E-state index >= 15 is 0 Å². The number of aryl methyl sites for hydroxylation is 1. The molecule has 1 heterocycles. The van der Waals surface area contributed by atoms with E-state index in [1.165, 1.54) is 0 Å². The smallest absolute Gasteiger partial charge is 0.418 e. The van der Waals surface area contributed by atoms with Gasteiger partial charge in [0, 0.05) is 6.07 Å². The van der Waals surface area contributed by atoms with Gasteiger partial charge in [0.15, 0.2) is 6.20 Å². The van der Waals surface area contributed by atoms with Crippen molar-refractivity contribution in [2.75, 3.05) is 0 Å². The summed E-state index contributed by atoms with van der Waals surface area (Å²) < 4.78 is 40.8. The van der Waals surface area contributed by atoms with Gasteiger partial charge in [-0.15, -0.1) is 4.68 Å². The minimum atomic E-state index is -6.00. The van der Waals surface area contributed by atoms with Crippen LogP contribution in [0.15, 0.2) is 18.5 Å². The molecule has 0 atom stereocenters. The first-order chi connectivity index (χ1) is 5.93. The van der Waals surface area contributed by atoms with Gasteiger partial charge in [0.1, 0.15) is 18.0 Å². The summed E-state index contributed by atoms with van der Waals surface area (Å²) in [5.74, 6) is 0. The van der Waals surface area contributed by atoms with Crippen LogP contribution in [0.4, 0.5) is 17.3 Å².